The van der Waals surface area contributed by atoms with E-state index in [-0.39, 0.29) is 0 Å². The summed E-state index contributed by atoms with van der Waals surface area (Å²) in [5, 5.41) is 3.43. The molecule has 0 radical (unpaired) electrons. The third-order valence-electron chi connectivity index (χ3n) is 3.53. The predicted molar refractivity (Wildman–Crippen MR) is 82.7 cm³/mol. The van der Waals surface area contributed by atoms with Crippen LogP contribution in [0.4, 0.5) is 5.69 Å². The molecule has 1 aliphatic heterocycles. The minimum absolute atomic E-state index is 0.758. The molecule has 2 rings (SSSR count). The van der Waals surface area contributed by atoms with E-state index in [0.717, 1.165) is 58.0 Å². The molecule has 1 saturated heterocycles. The first-order valence-electron chi connectivity index (χ1n) is 7.57. The molecule has 0 aromatic heterocycles. The average molecular weight is 278 g/mol. The Labute approximate surface area is 122 Å². The van der Waals surface area contributed by atoms with Crippen molar-refractivity contribution in [3.63, 3.8) is 0 Å². The molecule has 1 fully saturated rings. The lowest BCUT2D eigenvalue weighted by atomic mass is 10.2. The van der Waals surface area contributed by atoms with E-state index in [4.69, 9.17) is 9.47 Å². The zero-order chi connectivity index (χ0) is 14.0. The highest BCUT2D eigenvalue weighted by molar-refractivity contribution is 5.50. The summed E-state index contributed by atoms with van der Waals surface area (Å²) in [6.45, 7) is 5.93. The van der Waals surface area contributed by atoms with Gasteiger partial charge in [-0.25, -0.2) is 0 Å². The van der Waals surface area contributed by atoms with Gasteiger partial charge in [-0.3, -0.25) is 0 Å². The van der Waals surface area contributed by atoms with Crippen molar-refractivity contribution in [3.05, 3.63) is 24.3 Å². The number of rotatable bonds is 7. The number of benzene rings is 1. The Morgan fingerprint density at radius 2 is 2.05 bits per heavy atom. The maximum absolute atomic E-state index is 5.82. The number of anilines is 1. The van der Waals surface area contributed by atoms with Crippen LogP contribution < -0.4 is 15.0 Å². The van der Waals surface area contributed by atoms with Crippen molar-refractivity contribution >= 4 is 5.69 Å². The Balaban J connectivity index is 1.83. The highest BCUT2D eigenvalue weighted by Gasteiger charge is 2.09. The Hall–Kier alpha value is -1.26. The van der Waals surface area contributed by atoms with Crippen LogP contribution in [0.3, 0.4) is 0 Å². The molecule has 1 heterocycles. The van der Waals surface area contributed by atoms with Gasteiger partial charge in [0, 0.05) is 45.1 Å². The lowest BCUT2D eigenvalue weighted by Crippen LogP contribution is -2.27. The summed E-state index contributed by atoms with van der Waals surface area (Å²) in [6, 6.07) is 8.44. The zero-order valence-electron chi connectivity index (χ0n) is 12.4. The van der Waals surface area contributed by atoms with E-state index in [1.807, 2.05) is 6.07 Å². The van der Waals surface area contributed by atoms with E-state index in [1.54, 1.807) is 7.11 Å². The minimum Gasteiger partial charge on any atom is -0.494 e. The van der Waals surface area contributed by atoms with Gasteiger partial charge in [-0.05, 0) is 37.9 Å². The Bertz CT molecular complexity index is 376. The van der Waals surface area contributed by atoms with E-state index >= 15 is 0 Å². The smallest absolute Gasteiger partial charge is 0.121 e. The maximum atomic E-state index is 5.82. The van der Waals surface area contributed by atoms with E-state index < -0.39 is 0 Å². The van der Waals surface area contributed by atoms with Crippen molar-refractivity contribution < 1.29 is 9.47 Å². The van der Waals surface area contributed by atoms with Gasteiger partial charge in [0.05, 0.1) is 6.61 Å². The molecule has 0 spiro atoms. The van der Waals surface area contributed by atoms with Crippen LogP contribution in [0, 0.1) is 0 Å². The van der Waals surface area contributed by atoms with Gasteiger partial charge in [0.2, 0.25) is 0 Å². The molecule has 0 atom stereocenters. The molecule has 4 heteroatoms. The van der Waals surface area contributed by atoms with E-state index in [9.17, 15) is 0 Å². The number of unbranched alkanes of at least 4 members (excludes halogenated alkanes) is 1. The summed E-state index contributed by atoms with van der Waals surface area (Å²) in [4.78, 5) is 2.43. The number of ether oxygens (including phenoxy) is 2. The molecule has 1 aliphatic rings. The number of methoxy groups -OCH3 is 1. The molecule has 0 aliphatic carbocycles. The van der Waals surface area contributed by atoms with Crippen LogP contribution in [0.15, 0.2) is 24.3 Å². The van der Waals surface area contributed by atoms with Crippen molar-refractivity contribution in [2.24, 2.45) is 0 Å². The summed E-state index contributed by atoms with van der Waals surface area (Å²) in [7, 11) is 1.74. The van der Waals surface area contributed by atoms with Gasteiger partial charge in [-0.2, -0.15) is 0 Å². The summed E-state index contributed by atoms with van der Waals surface area (Å²) < 4.78 is 10.9. The van der Waals surface area contributed by atoms with Gasteiger partial charge in [0.1, 0.15) is 5.75 Å². The van der Waals surface area contributed by atoms with Crippen molar-refractivity contribution in [2.75, 3.05) is 51.4 Å². The first kappa shape index (κ1) is 15.1. The molecule has 0 unspecified atom stereocenters. The monoisotopic (exact) mass is 278 g/mol. The fourth-order valence-corrected chi connectivity index (χ4v) is 2.41. The van der Waals surface area contributed by atoms with Crippen molar-refractivity contribution in [1.29, 1.82) is 0 Å². The van der Waals surface area contributed by atoms with Crippen molar-refractivity contribution in [1.82, 2.24) is 5.32 Å². The molecule has 1 N–H and O–H groups in total. The fraction of sp³-hybridized carbons (Fsp3) is 0.625. The molecule has 0 amide bonds. The summed E-state index contributed by atoms with van der Waals surface area (Å²) in [6.07, 6.45) is 3.28. The highest BCUT2D eigenvalue weighted by Crippen LogP contribution is 2.22. The quantitative estimate of drug-likeness (QED) is 0.776. The van der Waals surface area contributed by atoms with Crippen LogP contribution >= 0.6 is 0 Å². The van der Waals surface area contributed by atoms with Gasteiger partial charge >= 0.3 is 0 Å². The third-order valence-corrected chi connectivity index (χ3v) is 3.53. The molecule has 0 bridgehead atoms. The maximum Gasteiger partial charge on any atom is 0.121 e. The second-order valence-corrected chi connectivity index (χ2v) is 5.14. The van der Waals surface area contributed by atoms with Crippen molar-refractivity contribution in [2.45, 2.75) is 19.3 Å². The van der Waals surface area contributed by atoms with E-state index in [1.165, 1.54) is 12.1 Å². The molecule has 112 valence electrons. The van der Waals surface area contributed by atoms with Crippen LogP contribution in [-0.2, 0) is 4.74 Å². The van der Waals surface area contributed by atoms with Gasteiger partial charge in [-0.15, -0.1) is 0 Å². The van der Waals surface area contributed by atoms with E-state index in [0.29, 0.717) is 0 Å². The zero-order valence-corrected chi connectivity index (χ0v) is 12.4. The van der Waals surface area contributed by atoms with Crippen molar-refractivity contribution in [3.8, 4) is 5.75 Å². The first-order valence-corrected chi connectivity index (χ1v) is 7.57. The second-order valence-electron chi connectivity index (χ2n) is 5.14. The van der Waals surface area contributed by atoms with Crippen LogP contribution in [0.25, 0.3) is 0 Å². The molecule has 20 heavy (non-hydrogen) atoms. The highest BCUT2D eigenvalue weighted by atomic mass is 16.5. The van der Waals surface area contributed by atoms with Gasteiger partial charge in [-0.1, -0.05) is 6.07 Å². The second kappa shape index (κ2) is 8.82. The van der Waals surface area contributed by atoms with Gasteiger partial charge in [0.25, 0.3) is 0 Å². The molecular weight excluding hydrogens is 252 g/mol. The molecule has 0 saturated carbocycles. The Morgan fingerprint density at radius 3 is 2.95 bits per heavy atom. The molecule has 1 aromatic carbocycles. The van der Waals surface area contributed by atoms with Crippen LogP contribution in [-0.4, -0.2) is 46.5 Å². The standard InChI is InChI=1S/C16H26N2O2/c1-19-12-2-3-13-20-16-7-4-6-15(14-16)18-10-5-8-17-9-11-18/h4,6-7,14,17H,2-3,5,8-13H2,1H3. The SMILES string of the molecule is COCCCCOc1cccc(N2CCCNCC2)c1. The fourth-order valence-electron chi connectivity index (χ4n) is 2.41. The molecule has 1 aromatic rings. The average Bonchev–Trinajstić information content (AvgIpc) is 2.76. The Kier molecular flexibility index (Phi) is 6.68. The molecular formula is C16H26N2O2. The Morgan fingerprint density at radius 1 is 1.15 bits per heavy atom. The summed E-state index contributed by atoms with van der Waals surface area (Å²) >= 11 is 0. The van der Waals surface area contributed by atoms with Crippen LogP contribution in [0.5, 0.6) is 5.75 Å². The largest absolute Gasteiger partial charge is 0.494 e. The number of nitrogens with one attached hydrogen (secondary N) is 1. The van der Waals surface area contributed by atoms with Gasteiger partial charge in [0.15, 0.2) is 0 Å². The number of hydrogen-bond donors (Lipinski definition) is 1. The number of hydrogen-bond acceptors (Lipinski definition) is 4. The van der Waals surface area contributed by atoms with Crippen LogP contribution in [0.2, 0.25) is 0 Å². The minimum atomic E-state index is 0.758. The number of nitrogens with zero attached hydrogens (tertiary/aromatic N) is 1. The third kappa shape index (κ3) is 5.02. The molecule has 4 nitrogen and oxygen atoms in total. The summed E-state index contributed by atoms with van der Waals surface area (Å²) in [5.41, 5.74) is 1.27. The topological polar surface area (TPSA) is 33.7 Å². The normalized spacial score (nSPS) is 15.9. The van der Waals surface area contributed by atoms with Crippen LogP contribution in [0.1, 0.15) is 19.3 Å². The first-order chi connectivity index (χ1) is 9.90. The summed E-state index contributed by atoms with van der Waals surface area (Å²) in [5.74, 6) is 0.970. The lowest BCUT2D eigenvalue weighted by Gasteiger charge is -2.22. The van der Waals surface area contributed by atoms with Gasteiger partial charge < -0.3 is 19.7 Å². The van der Waals surface area contributed by atoms with E-state index in [2.05, 4.69) is 28.4 Å². The predicted octanol–water partition coefficient (Wildman–Crippen LogP) is 2.29. The lowest BCUT2D eigenvalue weighted by molar-refractivity contribution is 0.184.